The largest absolute Gasteiger partial charge is 0.465 e. The molecular formula is C19H14N2O6. The second-order valence-corrected chi connectivity index (χ2v) is 5.50. The minimum absolute atomic E-state index is 0.0278. The Hall–Kier alpha value is -3.94. The molecule has 0 spiro atoms. The van der Waals surface area contributed by atoms with Crippen molar-refractivity contribution in [3.63, 3.8) is 0 Å². The summed E-state index contributed by atoms with van der Waals surface area (Å²) < 4.78 is 10.2. The van der Waals surface area contributed by atoms with Crippen molar-refractivity contribution in [3.05, 3.63) is 82.1 Å². The topological polar surface area (TPSA) is 112 Å². The lowest BCUT2D eigenvalue weighted by Gasteiger charge is -2.05. The zero-order chi connectivity index (χ0) is 19.4. The van der Waals surface area contributed by atoms with Crippen molar-refractivity contribution in [1.29, 1.82) is 0 Å². The van der Waals surface area contributed by atoms with Crippen molar-refractivity contribution in [1.82, 2.24) is 0 Å². The minimum atomic E-state index is -0.520. The molecule has 0 aliphatic heterocycles. The Bertz CT molecular complexity index is 1020. The van der Waals surface area contributed by atoms with E-state index in [1.54, 1.807) is 30.3 Å². The van der Waals surface area contributed by atoms with Gasteiger partial charge in [0.2, 0.25) is 0 Å². The van der Waals surface area contributed by atoms with Gasteiger partial charge in [0.05, 0.1) is 17.6 Å². The zero-order valence-electron chi connectivity index (χ0n) is 14.2. The maximum atomic E-state index is 12.4. The molecule has 0 fully saturated rings. The van der Waals surface area contributed by atoms with Gasteiger partial charge in [0.1, 0.15) is 5.76 Å². The molecule has 1 aromatic heterocycles. The van der Waals surface area contributed by atoms with Gasteiger partial charge in [-0.3, -0.25) is 14.9 Å². The molecule has 0 bridgehead atoms. The third kappa shape index (κ3) is 4.01. The maximum Gasteiger partial charge on any atom is 0.337 e. The number of esters is 1. The Labute approximate surface area is 153 Å². The molecule has 3 rings (SSSR count). The summed E-state index contributed by atoms with van der Waals surface area (Å²) in [6, 6.07) is 15.2. The third-order valence-electron chi connectivity index (χ3n) is 3.71. The highest BCUT2D eigenvalue weighted by Crippen LogP contribution is 2.26. The highest BCUT2D eigenvalue weighted by Gasteiger charge is 2.15. The number of hydrogen-bond donors (Lipinski definition) is 1. The van der Waals surface area contributed by atoms with Gasteiger partial charge in [-0.1, -0.05) is 18.2 Å². The number of hydrogen-bond acceptors (Lipinski definition) is 6. The fourth-order valence-corrected chi connectivity index (χ4v) is 2.42. The van der Waals surface area contributed by atoms with Gasteiger partial charge in [0, 0.05) is 23.4 Å². The number of benzene rings is 2. The van der Waals surface area contributed by atoms with Gasteiger partial charge in [0.25, 0.3) is 11.6 Å². The van der Waals surface area contributed by atoms with E-state index in [-0.39, 0.29) is 11.4 Å². The smallest absolute Gasteiger partial charge is 0.337 e. The number of non-ortho nitro benzene ring substituents is 1. The van der Waals surface area contributed by atoms with Crippen LogP contribution in [0.25, 0.3) is 11.3 Å². The average molecular weight is 366 g/mol. The Balaban J connectivity index is 1.79. The molecule has 8 nitrogen and oxygen atoms in total. The SMILES string of the molecule is COC(=O)c1cccc(NC(=O)c2ccc(-c3cccc([N+](=O)[O-])c3)o2)c1. The lowest BCUT2D eigenvalue weighted by atomic mass is 10.1. The van der Waals surface area contributed by atoms with Gasteiger partial charge >= 0.3 is 5.97 Å². The van der Waals surface area contributed by atoms with Crippen LogP contribution in [0.3, 0.4) is 0 Å². The standard InChI is InChI=1S/C19H14N2O6/c1-26-19(23)13-5-2-6-14(10-13)20-18(22)17-9-8-16(27-17)12-4-3-7-15(11-12)21(24)25/h2-11H,1H3,(H,20,22). The van der Waals surface area contributed by atoms with Crippen LogP contribution in [0.4, 0.5) is 11.4 Å². The van der Waals surface area contributed by atoms with Gasteiger partial charge in [-0.05, 0) is 30.3 Å². The monoisotopic (exact) mass is 366 g/mol. The van der Waals surface area contributed by atoms with E-state index in [1.807, 2.05) is 0 Å². The van der Waals surface area contributed by atoms with Crippen LogP contribution in [0, 0.1) is 10.1 Å². The number of nitro groups is 1. The number of carbonyl (C=O) groups excluding carboxylic acids is 2. The lowest BCUT2D eigenvalue weighted by molar-refractivity contribution is -0.384. The summed E-state index contributed by atoms with van der Waals surface area (Å²) in [5, 5.41) is 13.5. The molecule has 1 amide bonds. The van der Waals surface area contributed by atoms with E-state index >= 15 is 0 Å². The van der Waals surface area contributed by atoms with E-state index < -0.39 is 16.8 Å². The van der Waals surface area contributed by atoms with Crippen LogP contribution in [-0.2, 0) is 4.74 Å². The summed E-state index contributed by atoms with van der Waals surface area (Å²) in [5.41, 5.74) is 1.11. The number of methoxy groups -OCH3 is 1. The Morgan fingerprint density at radius 2 is 1.85 bits per heavy atom. The molecule has 2 aromatic carbocycles. The zero-order valence-corrected chi connectivity index (χ0v) is 14.2. The number of ether oxygens (including phenoxy) is 1. The molecule has 27 heavy (non-hydrogen) atoms. The minimum Gasteiger partial charge on any atom is -0.465 e. The van der Waals surface area contributed by atoms with Crippen LogP contribution in [0.15, 0.2) is 65.1 Å². The molecule has 3 aromatic rings. The van der Waals surface area contributed by atoms with Crippen molar-refractivity contribution in [2.24, 2.45) is 0 Å². The number of nitrogens with one attached hydrogen (secondary N) is 1. The molecule has 0 atom stereocenters. The number of anilines is 1. The summed E-state index contributed by atoms with van der Waals surface area (Å²) >= 11 is 0. The van der Waals surface area contributed by atoms with Crippen molar-refractivity contribution in [2.75, 3.05) is 12.4 Å². The van der Waals surface area contributed by atoms with E-state index in [2.05, 4.69) is 10.1 Å². The first kappa shape index (κ1) is 17.9. The van der Waals surface area contributed by atoms with Crippen LogP contribution < -0.4 is 5.32 Å². The maximum absolute atomic E-state index is 12.4. The number of carbonyl (C=O) groups is 2. The Morgan fingerprint density at radius 3 is 2.59 bits per heavy atom. The molecular weight excluding hydrogens is 352 g/mol. The molecule has 0 aliphatic rings. The number of nitro benzene ring substituents is 1. The highest BCUT2D eigenvalue weighted by atomic mass is 16.6. The second-order valence-electron chi connectivity index (χ2n) is 5.50. The molecule has 0 aliphatic carbocycles. The van der Waals surface area contributed by atoms with E-state index in [1.165, 1.54) is 37.4 Å². The quantitative estimate of drug-likeness (QED) is 0.416. The predicted octanol–water partition coefficient (Wildman–Crippen LogP) is 3.89. The van der Waals surface area contributed by atoms with E-state index in [4.69, 9.17) is 4.42 Å². The van der Waals surface area contributed by atoms with Crippen LogP contribution in [0.1, 0.15) is 20.9 Å². The van der Waals surface area contributed by atoms with Crippen molar-refractivity contribution in [3.8, 4) is 11.3 Å². The van der Waals surface area contributed by atoms with E-state index in [9.17, 15) is 19.7 Å². The van der Waals surface area contributed by atoms with Crippen molar-refractivity contribution in [2.45, 2.75) is 0 Å². The molecule has 0 unspecified atom stereocenters. The molecule has 136 valence electrons. The summed E-state index contributed by atoms with van der Waals surface area (Å²) in [7, 11) is 1.27. The van der Waals surface area contributed by atoms with Crippen LogP contribution in [-0.4, -0.2) is 23.9 Å². The van der Waals surface area contributed by atoms with E-state index in [0.717, 1.165) is 0 Å². The van der Waals surface area contributed by atoms with Gasteiger partial charge in [-0.25, -0.2) is 4.79 Å². The molecule has 1 heterocycles. The van der Waals surface area contributed by atoms with Crippen LogP contribution >= 0.6 is 0 Å². The van der Waals surface area contributed by atoms with Gasteiger partial charge < -0.3 is 14.5 Å². The fraction of sp³-hybridized carbons (Fsp3) is 0.0526. The molecule has 1 N–H and O–H groups in total. The first-order valence-corrected chi connectivity index (χ1v) is 7.82. The van der Waals surface area contributed by atoms with Crippen LogP contribution in [0.2, 0.25) is 0 Å². The first-order valence-electron chi connectivity index (χ1n) is 7.82. The number of furan rings is 1. The lowest BCUT2D eigenvalue weighted by Crippen LogP contribution is -2.11. The summed E-state index contributed by atoms with van der Waals surface area (Å²) in [4.78, 5) is 34.3. The number of amides is 1. The Kier molecular flexibility index (Phi) is 4.98. The molecule has 0 saturated heterocycles. The number of nitrogens with zero attached hydrogens (tertiary/aromatic N) is 1. The summed E-state index contributed by atoms with van der Waals surface area (Å²) in [6.45, 7) is 0. The van der Waals surface area contributed by atoms with Crippen LogP contribution in [0.5, 0.6) is 0 Å². The molecule has 8 heteroatoms. The van der Waals surface area contributed by atoms with Gasteiger partial charge in [0.15, 0.2) is 5.76 Å². The molecule has 0 radical (unpaired) electrons. The van der Waals surface area contributed by atoms with Crippen molar-refractivity contribution < 1.29 is 23.7 Å². The normalized spacial score (nSPS) is 10.3. The highest BCUT2D eigenvalue weighted by molar-refractivity contribution is 6.03. The van der Waals surface area contributed by atoms with Gasteiger partial charge in [-0.15, -0.1) is 0 Å². The first-order chi connectivity index (χ1) is 13.0. The summed E-state index contributed by atoms with van der Waals surface area (Å²) in [5.74, 6) is -0.683. The predicted molar refractivity (Wildman–Crippen MR) is 96.5 cm³/mol. The average Bonchev–Trinajstić information content (AvgIpc) is 3.18. The summed E-state index contributed by atoms with van der Waals surface area (Å²) in [6.07, 6.45) is 0. The van der Waals surface area contributed by atoms with Gasteiger partial charge in [-0.2, -0.15) is 0 Å². The third-order valence-corrected chi connectivity index (χ3v) is 3.71. The van der Waals surface area contributed by atoms with E-state index in [0.29, 0.717) is 22.6 Å². The molecule has 0 saturated carbocycles. The second kappa shape index (κ2) is 7.52. The number of rotatable bonds is 5. The Morgan fingerprint density at radius 1 is 1.07 bits per heavy atom. The fourth-order valence-electron chi connectivity index (χ4n) is 2.42. The van der Waals surface area contributed by atoms with Crippen molar-refractivity contribution >= 4 is 23.3 Å².